The van der Waals surface area contributed by atoms with Gasteiger partial charge in [-0.25, -0.2) is 13.4 Å². The van der Waals surface area contributed by atoms with Crippen molar-refractivity contribution in [3.63, 3.8) is 0 Å². The molecule has 0 unspecified atom stereocenters. The molecule has 24 heavy (non-hydrogen) atoms. The van der Waals surface area contributed by atoms with E-state index in [4.69, 9.17) is 4.42 Å². The minimum Gasteiger partial charge on any atom is -0.443 e. The zero-order valence-electron chi connectivity index (χ0n) is 12.7. The van der Waals surface area contributed by atoms with E-state index in [2.05, 4.69) is 10.3 Å². The second-order valence-corrected chi connectivity index (χ2v) is 8.00. The Morgan fingerprint density at radius 2 is 2.04 bits per heavy atom. The summed E-state index contributed by atoms with van der Waals surface area (Å²) in [5.41, 5.74) is 0.672. The first-order chi connectivity index (χ1) is 11.4. The molecular weight excluding hydrogens is 348 g/mol. The molecular formula is C16H14N2O4S2. The van der Waals surface area contributed by atoms with Crippen molar-refractivity contribution in [2.24, 2.45) is 0 Å². The van der Waals surface area contributed by atoms with Crippen molar-refractivity contribution in [1.82, 2.24) is 10.3 Å². The summed E-state index contributed by atoms with van der Waals surface area (Å²) in [6, 6.07) is 9.88. The Hall–Kier alpha value is -2.45. The molecule has 0 aliphatic heterocycles. The van der Waals surface area contributed by atoms with Crippen LogP contribution in [-0.2, 0) is 16.4 Å². The van der Waals surface area contributed by atoms with E-state index in [1.54, 1.807) is 12.1 Å². The minimum atomic E-state index is -3.48. The number of nitrogens with one attached hydrogen (secondary N) is 1. The van der Waals surface area contributed by atoms with Gasteiger partial charge in [0.2, 0.25) is 5.89 Å². The fourth-order valence-corrected chi connectivity index (χ4v) is 3.69. The zero-order chi connectivity index (χ0) is 17.2. The van der Waals surface area contributed by atoms with Gasteiger partial charge < -0.3 is 9.73 Å². The molecule has 2 heterocycles. The number of carbonyl (C=O) groups is 1. The molecule has 0 saturated carbocycles. The number of thiophene rings is 1. The number of oxazole rings is 1. The Morgan fingerprint density at radius 1 is 1.25 bits per heavy atom. The van der Waals surface area contributed by atoms with Crippen LogP contribution in [0.1, 0.15) is 16.1 Å². The average molecular weight is 362 g/mol. The van der Waals surface area contributed by atoms with Crippen molar-refractivity contribution in [2.45, 2.75) is 11.4 Å². The third-order valence-corrected chi connectivity index (χ3v) is 5.26. The summed E-state index contributed by atoms with van der Waals surface area (Å²) in [4.78, 5) is 17.5. The van der Waals surface area contributed by atoms with Gasteiger partial charge in [0.15, 0.2) is 9.84 Å². The van der Waals surface area contributed by atoms with Crippen molar-refractivity contribution in [3.8, 4) is 10.8 Å². The lowest BCUT2D eigenvalue weighted by Gasteiger charge is -2.07. The topological polar surface area (TPSA) is 89.3 Å². The normalized spacial score (nSPS) is 11.4. The van der Waals surface area contributed by atoms with E-state index in [-0.39, 0.29) is 17.0 Å². The molecule has 0 aliphatic rings. The average Bonchev–Trinajstić information content (AvgIpc) is 3.23. The van der Waals surface area contributed by atoms with Crippen LogP contribution >= 0.6 is 11.3 Å². The molecule has 0 atom stereocenters. The molecule has 1 aromatic carbocycles. The number of rotatable bonds is 5. The fourth-order valence-electron chi connectivity index (χ4n) is 2.15. The van der Waals surface area contributed by atoms with Crippen LogP contribution < -0.4 is 5.32 Å². The van der Waals surface area contributed by atoms with E-state index in [1.165, 1.54) is 29.7 Å². The molecule has 0 saturated heterocycles. The Bertz CT molecular complexity index is 960. The van der Waals surface area contributed by atoms with E-state index in [0.717, 1.165) is 11.1 Å². The van der Waals surface area contributed by atoms with Crippen LogP contribution in [-0.4, -0.2) is 25.6 Å². The summed E-state index contributed by atoms with van der Waals surface area (Å²) in [6.07, 6.45) is 2.54. The highest BCUT2D eigenvalue weighted by atomic mass is 32.2. The Morgan fingerprint density at radius 3 is 2.75 bits per heavy atom. The van der Waals surface area contributed by atoms with Crippen LogP contribution in [0.2, 0.25) is 0 Å². The zero-order valence-corrected chi connectivity index (χ0v) is 14.4. The third kappa shape index (κ3) is 3.55. The maximum Gasteiger partial charge on any atom is 0.252 e. The van der Waals surface area contributed by atoms with Gasteiger partial charge in [-0.3, -0.25) is 4.79 Å². The highest BCUT2D eigenvalue weighted by molar-refractivity contribution is 7.90. The molecule has 0 spiro atoms. The van der Waals surface area contributed by atoms with Gasteiger partial charge in [-0.1, -0.05) is 18.2 Å². The van der Waals surface area contributed by atoms with E-state index in [0.29, 0.717) is 11.6 Å². The van der Waals surface area contributed by atoms with Gasteiger partial charge in [-0.2, -0.15) is 0 Å². The number of amides is 1. The molecule has 0 bridgehead atoms. The molecule has 1 N–H and O–H groups in total. The van der Waals surface area contributed by atoms with Crippen LogP contribution in [0, 0.1) is 0 Å². The number of carbonyl (C=O) groups excluding carboxylic acids is 1. The first kappa shape index (κ1) is 16.4. The van der Waals surface area contributed by atoms with Gasteiger partial charge in [-0.05, 0) is 23.6 Å². The van der Waals surface area contributed by atoms with Gasteiger partial charge in [-0.15, -0.1) is 11.3 Å². The summed E-state index contributed by atoms with van der Waals surface area (Å²) in [5.74, 6) is 0.0162. The van der Waals surface area contributed by atoms with Crippen LogP contribution in [0.25, 0.3) is 10.8 Å². The predicted octanol–water partition coefficient (Wildman–Crippen LogP) is 2.74. The molecule has 2 aromatic heterocycles. The van der Waals surface area contributed by atoms with Crippen molar-refractivity contribution in [3.05, 3.63) is 59.3 Å². The number of benzene rings is 1. The SMILES string of the molecule is CS(=O)(=O)c1ccccc1C(=O)NCc1coc(-c2cccs2)n1. The maximum atomic E-state index is 12.3. The molecule has 6 nitrogen and oxygen atoms in total. The molecule has 3 aromatic rings. The van der Waals surface area contributed by atoms with E-state index >= 15 is 0 Å². The van der Waals surface area contributed by atoms with E-state index in [9.17, 15) is 13.2 Å². The lowest BCUT2D eigenvalue weighted by molar-refractivity contribution is 0.0947. The molecule has 8 heteroatoms. The summed E-state index contributed by atoms with van der Waals surface area (Å²) in [5, 5.41) is 4.58. The second kappa shape index (κ2) is 6.58. The van der Waals surface area contributed by atoms with Crippen molar-refractivity contribution in [1.29, 1.82) is 0 Å². The Kier molecular flexibility index (Phi) is 4.50. The van der Waals surface area contributed by atoms with Crippen molar-refractivity contribution < 1.29 is 17.6 Å². The number of hydrogen-bond donors (Lipinski definition) is 1. The first-order valence-corrected chi connectivity index (χ1v) is 9.78. The summed E-state index contributed by atoms with van der Waals surface area (Å²) in [7, 11) is -3.48. The Labute approximate surface area is 143 Å². The monoisotopic (exact) mass is 362 g/mol. The quantitative estimate of drug-likeness (QED) is 0.754. The fraction of sp³-hybridized carbons (Fsp3) is 0.125. The second-order valence-electron chi connectivity index (χ2n) is 5.07. The number of nitrogens with zero attached hydrogens (tertiary/aromatic N) is 1. The molecule has 0 fully saturated rings. The Balaban J connectivity index is 1.73. The molecule has 0 aliphatic carbocycles. The highest BCUT2D eigenvalue weighted by Gasteiger charge is 2.18. The minimum absolute atomic E-state index is 0.00178. The van der Waals surface area contributed by atoms with Crippen LogP contribution in [0.3, 0.4) is 0 Å². The van der Waals surface area contributed by atoms with E-state index < -0.39 is 15.7 Å². The van der Waals surface area contributed by atoms with Gasteiger partial charge in [0, 0.05) is 6.26 Å². The van der Waals surface area contributed by atoms with Gasteiger partial charge in [0.05, 0.1) is 27.6 Å². The largest absolute Gasteiger partial charge is 0.443 e. The predicted molar refractivity (Wildman–Crippen MR) is 90.5 cm³/mol. The van der Waals surface area contributed by atoms with Crippen LogP contribution in [0.15, 0.2) is 57.4 Å². The first-order valence-electron chi connectivity index (χ1n) is 7.01. The molecule has 124 valence electrons. The van der Waals surface area contributed by atoms with Gasteiger partial charge in [0.1, 0.15) is 6.26 Å². The third-order valence-electron chi connectivity index (χ3n) is 3.24. The molecule has 3 rings (SSSR count). The highest BCUT2D eigenvalue weighted by Crippen LogP contribution is 2.23. The van der Waals surface area contributed by atoms with Gasteiger partial charge in [0.25, 0.3) is 5.91 Å². The number of hydrogen-bond acceptors (Lipinski definition) is 6. The van der Waals surface area contributed by atoms with E-state index in [1.807, 2.05) is 17.5 Å². The standard InChI is InChI=1S/C16H14N2O4S2/c1-24(20,21)14-7-3-2-5-12(14)15(19)17-9-11-10-22-16(18-11)13-6-4-8-23-13/h2-8,10H,9H2,1H3,(H,17,19). The summed E-state index contributed by atoms with van der Waals surface area (Å²) >= 11 is 1.51. The van der Waals surface area contributed by atoms with Crippen molar-refractivity contribution in [2.75, 3.05) is 6.26 Å². The lowest BCUT2D eigenvalue weighted by atomic mass is 10.2. The van der Waals surface area contributed by atoms with Crippen LogP contribution in [0.5, 0.6) is 0 Å². The summed E-state index contributed by atoms with van der Waals surface area (Å²) < 4.78 is 28.9. The number of sulfone groups is 1. The van der Waals surface area contributed by atoms with Gasteiger partial charge >= 0.3 is 0 Å². The molecule has 1 amide bonds. The smallest absolute Gasteiger partial charge is 0.252 e. The number of aromatic nitrogens is 1. The molecule has 0 radical (unpaired) electrons. The maximum absolute atomic E-state index is 12.3. The lowest BCUT2D eigenvalue weighted by Crippen LogP contribution is -2.24. The van der Waals surface area contributed by atoms with Crippen molar-refractivity contribution >= 4 is 27.1 Å². The van der Waals surface area contributed by atoms with Crippen LogP contribution in [0.4, 0.5) is 0 Å². The summed E-state index contributed by atoms with van der Waals surface area (Å²) in [6.45, 7) is 0.145.